The lowest BCUT2D eigenvalue weighted by molar-refractivity contribution is 0.0696. The lowest BCUT2D eigenvalue weighted by Gasteiger charge is -2.17. The minimum Gasteiger partial charge on any atom is -0.488 e. The van der Waals surface area contributed by atoms with Crippen LogP contribution < -0.4 is 19.7 Å². The monoisotopic (exact) mass is 465 g/mol. The number of amides is 1. The number of carboxylic acid groups (broad SMARTS) is 1. The van der Waals surface area contributed by atoms with Gasteiger partial charge in [-0.05, 0) is 43.3 Å². The first-order valence-corrected chi connectivity index (χ1v) is 10.5. The first-order valence-electron chi connectivity index (χ1n) is 10.5. The van der Waals surface area contributed by atoms with Gasteiger partial charge in [-0.1, -0.05) is 6.07 Å². The number of anilines is 2. The van der Waals surface area contributed by atoms with Crippen molar-refractivity contribution < 1.29 is 28.9 Å². The molecule has 3 aromatic rings. The number of nitrogens with one attached hydrogen (secondary N) is 1. The minimum absolute atomic E-state index is 0.0242. The first kappa shape index (κ1) is 24.5. The molecule has 0 aliphatic heterocycles. The van der Waals surface area contributed by atoms with Crippen molar-refractivity contribution >= 4 is 23.4 Å². The Bertz CT molecular complexity index is 1150. The molecule has 0 radical (unpaired) electrons. The molecule has 3 rings (SSSR count). The number of carbonyl (C=O) groups is 2. The second-order valence-corrected chi connectivity index (χ2v) is 7.76. The Morgan fingerprint density at radius 3 is 2.44 bits per heavy atom. The van der Waals surface area contributed by atoms with Crippen LogP contribution in [0.15, 0.2) is 60.8 Å². The molecular formula is C25H27N3O6. The van der Waals surface area contributed by atoms with E-state index in [1.165, 1.54) is 18.3 Å². The van der Waals surface area contributed by atoms with Gasteiger partial charge < -0.3 is 29.5 Å². The molecule has 1 atom stereocenters. The van der Waals surface area contributed by atoms with Crippen molar-refractivity contribution in [1.82, 2.24) is 4.98 Å². The van der Waals surface area contributed by atoms with Crippen LogP contribution in [0.3, 0.4) is 0 Å². The summed E-state index contributed by atoms with van der Waals surface area (Å²) >= 11 is 0. The Labute approximate surface area is 197 Å². The third-order valence-electron chi connectivity index (χ3n) is 4.70. The Kier molecular flexibility index (Phi) is 8.05. The van der Waals surface area contributed by atoms with Gasteiger partial charge in [0.05, 0.1) is 12.2 Å². The van der Waals surface area contributed by atoms with E-state index in [0.29, 0.717) is 23.9 Å². The van der Waals surface area contributed by atoms with E-state index in [1.807, 2.05) is 50.2 Å². The van der Waals surface area contributed by atoms with Gasteiger partial charge in [0.1, 0.15) is 29.2 Å². The lowest BCUT2D eigenvalue weighted by Crippen LogP contribution is -2.19. The van der Waals surface area contributed by atoms with E-state index in [2.05, 4.69) is 10.3 Å². The third-order valence-corrected chi connectivity index (χ3v) is 4.70. The highest BCUT2D eigenvalue weighted by molar-refractivity contribution is 6.04. The Balaban J connectivity index is 1.88. The molecule has 1 aromatic heterocycles. The molecule has 0 aliphatic rings. The Hall–Kier alpha value is -4.11. The molecule has 9 nitrogen and oxygen atoms in total. The van der Waals surface area contributed by atoms with Crippen molar-refractivity contribution in [3.05, 3.63) is 71.9 Å². The summed E-state index contributed by atoms with van der Waals surface area (Å²) in [6.07, 6.45) is 0.925. The summed E-state index contributed by atoms with van der Waals surface area (Å²) in [5.41, 5.74) is 1.27. The number of methoxy groups -OCH3 is 1. The van der Waals surface area contributed by atoms with E-state index in [4.69, 9.17) is 19.3 Å². The number of pyridine rings is 1. The number of hydrogen-bond acceptors (Lipinski definition) is 7. The number of benzene rings is 2. The van der Waals surface area contributed by atoms with Crippen LogP contribution in [0.1, 0.15) is 27.6 Å². The topological polar surface area (TPSA) is 110 Å². The molecule has 0 aliphatic carbocycles. The van der Waals surface area contributed by atoms with Gasteiger partial charge in [0.25, 0.3) is 5.91 Å². The van der Waals surface area contributed by atoms with Gasteiger partial charge in [-0.3, -0.25) is 4.79 Å². The zero-order valence-corrected chi connectivity index (χ0v) is 19.4. The van der Waals surface area contributed by atoms with Crippen molar-refractivity contribution in [2.24, 2.45) is 0 Å². The van der Waals surface area contributed by atoms with Gasteiger partial charge in [0.15, 0.2) is 0 Å². The summed E-state index contributed by atoms with van der Waals surface area (Å²) in [4.78, 5) is 29.9. The SMILES string of the molecule is COC[C@H](C)Oc1cc(Oc2cccc(N(C)C)c2)cc(C(=O)Nc2ccc(C(=O)O)cn2)c1. The third kappa shape index (κ3) is 6.69. The average Bonchev–Trinajstić information content (AvgIpc) is 2.79. The summed E-state index contributed by atoms with van der Waals surface area (Å²) in [6.45, 7) is 2.22. The molecule has 34 heavy (non-hydrogen) atoms. The second-order valence-electron chi connectivity index (χ2n) is 7.76. The van der Waals surface area contributed by atoms with Gasteiger partial charge in [-0.25, -0.2) is 9.78 Å². The molecule has 0 unspecified atom stereocenters. The molecule has 0 saturated carbocycles. The fraction of sp³-hybridized carbons (Fsp3) is 0.240. The molecule has 0 bridgehead atoms. The molecular weight excluding hydrogens is 438 g/mol. The highest BCUT2D eigenvalue weighted by Crippen LogP contribution is 2.30. The maximum atomic E-state index is 12.9. The first-order chi connectivity index (χ1) is 16.2. The summed E-state index contributed by atoms with van der Waals surface area (Å²) in [6, 6.07) is 15.2. The van der Waals surface area contributed by atoms with E-state index < -0.39 is 11.9 Å². The maximum absolute atomic E-state index is 12.9. The second kappa shape index (κ2) is 11.2. The van der Waals surface area contributed by atoms with Gasteiger partial charge in [-0.2, -0.15) is 0 Å². The number of aromatic carboxylic acids is 1. The molecule has 2 N–H and O–H groups in total. The maximum Gasteiger partial charge on any atom is 0.337 e. The fourth-order valence-corrected chi connectivity index (χ4v) is 3.07. The molecule has 0 spiro atoms. The number of rotatable bonds is 10. The van der Waals surface area contributed by atoms with E-state index in [0.717, 1.165) is 5.69 Å². The molecule has 178 valence electrons. The quantitative estimate of drug-likeness (QED) is 0.456. The normalized spacial score (nSPS) is 11.4. The highest BCUT2D eigenvalue weighted by atomic mass is 16.5. The van der Waals surface area contributed by atoms with E-state index in [-0.39, 0.29) is 23.0 Å². The van der Waals surface area contributed by atoms with Crippen LogP contribution in [-0.4, -0.2) is 55.9 Å². The standard InChI is InChI=1S/C25H27N3O6/c1-16(15-32-4)33-21-10-18(24(29)27-23-9-8-17(14-26-23)25(30)31)11-22(13-21)34-20-7-5-6-19(12-20)28(2)3/h5-14,16H,15H2,1-4H3,(H,30,31)(H,26,27,29)/t16-/m0/s1. The number of carbonyl (C=O) groups excluding carboxylic acids is 1. The van der Waals surface area contributed by atoms with Crippen molar-refractivity contribution in [3.8, 4) is 17.2 Å². The van der Waals surface area contributed by atoms with Crippen LogP contribution in [0.4, 0.5) is 11.5 Å². The Morgan fingerprint density at radius 2 is 1.79 bits per heavy atom. The lowest BCUT2D eigenvalue weighted by atomic mass is 10.1. The van der Waals surface area contributed by atoms with E-state index in [9.17, 15) is 9.59 Å². The molecule has 9 heteroatoms. The number of hydrogen-bond donors (Lipinski definition) is 2. The molecule has 0 fully saturated rings. The smallest absolute Gasteiger partial charge is 0.337 e. The van der Waals surface area contributed by atoms with Crippen LogP contribution in [0.25, 0.3) is 0 Å². The summed E-state index contributed by atoms with van der Waals surface area (Å²) in [5.74, 6) is 0.121. The Morgan fingerprint density at radius 1 is 1.03 bits per heavy atom. The van der Waals surface area contributed by atoms with Crippen LogP contribution >= 0.6 is 0 Å². The van der Waals surface area contributed by atoms with Gasteiger partial charge >= 0.3 is 5.97 Å². The molecule has 1 heterocycles. The largest absolute Gasteiger partial charge is 0.488 e. The predicted molar refractivity (Wildman–Crippen MR) is 128 cm³/mol. The van der Waals surface area contributed by atoms with Crippen molar-refractivity contribution in [1.29, 1.82) is 0 Å². The van der Waals surface area contributed by atoms with Crippen LogP contribution in [0.2, 0.25) is 0 Å². The van der Waals surface area contributed by atoms with Crippen molar-refractivity contribution in [3.63, 3.8) is 0 Å². The van der Waals surface area contributed by atoms with Crippen LogP contribution in [0, 0.1) is 0 Å². The van der Waals surface area contributed by atoms with E-state index >= 15 is 0 Å². The number of nitrogens with zero attached hydrogens (tertiary/aromatic N) is 2. The predicted octanol–water partition coefficient (Wildman–Crippen LogP) is 4.30. The van der Waals surface area contributed by atoms with Crippen LogP contribution in [0.5, 0.6) is 17.2 Å². The highest BCUT2D eigenvalue weighted by Gasteiger charge is 2.14. The van der Waals surface area contributed by atoms with Gasteiger partial charge in [0.2, 0.25) is 0 Å². The molecule has 2 aromatic carbocycles. The minimum atomic E-state index is -1.10. The average molecular weight is 466 g/mol. The number of carboxylic acids is 1. The van der Waals surface area contributed by atoms with Gasteiger partial charge in [-0.15, -0.1) is 0 Å². The summed E-state index contributed by atoms with van der Waals surface area (Å²) in [5, 5.41) is 11.7. The zero-order chi connectivity index (χ0) is 24.7. The van der Waals surface area contributed by atoms with E-state index in [1.54, 1.807) is 25.3 Å². The number of aromatic nitrogens is 1. The number of ether oxygens (including phenoxy) is 3. The molecule has 1 amide bonds. The summed E-state index contributed by atoms with van der Waals surface area (Å²) < 4.78 is 17.1. The molecule has 0 saturated heterocycles. The van der Waals surface area contributed by atoms with Crippen molar-refractivity contribution in [2.45, 2.75) is 13.0 Å². The zero-order valence-electron chi connectivity index (χ0n) is 19.4. The van der Waals surface area contributed by atoms with Gasteiger partial charge in [0, 0.05) is 50.8 Å². The summed E-state index contributed by atoms with van der Waals surface area (Å²) in [7, 11) is 5.45. The van der Waals surface area contributed by atoms with Crippen LogP contribution in [-0.2, 0) is 4.74 Å². The van der Waals surface area contributed by atoms with Crippen molar-refractivity contribution in [2.75, 3.05) is 38.0 Å². The fourth-order valence-electron chi connectivity index (χ4n) is 3.07.